The van der Waals surface area contributed by atoms with Crippen LogP contribution in [0, 0.1) is 0 Å². The summed E-state index contributed by atoms with van der Waals surface area (Å²) in [6.07, 6.45) is 2.08. The molecule has 7 rings (SSSR count). The van der Waals surface area contributed by atoms with Crippen LogP contribution in [-0.4, -0.2) is 9.55 Å². The van der Waals surface area contributed by atoms with Crippen molar-refractivity contribution in [3.63, 3.8) is 0 Å². The second-order valence-electron chi connectivity index (χ2n) is 9.53. The van der Waals surface area contributed by atoms with E-state index >= 15 is 0 Å². The van der Waals surface area contributed by atoms with E-state index in [1.54, 1.807) is 0 Å². The molecule has 0 spiro atoms. The predicted octanol–water partition coefficient (Wildman–Crippen LogP) is 9.21. The summed E-state index contributed by atoms with van der Waals surface area (Å²) in [6.45, 7) is 2.18. The summed E-state index contributed by atoms with van der Waals surface area (Å²) in [5, 5.41) is 2.55. The average Bonchev–Trinajstić information content (AvgIpc) is 3.54. The minimum Gasteiger partial charge on any atom is -0.436 e. The van der Waals surface area contributed by atoms with Crippen LogP contribution in [0.5, 0.6) is 0 Å². The van der Waals surface area contributed by atoms with Crippen molar-refractivity contribution < 1.29 is 4.42 Å². The SMILES string of the molecule is CCCc1cccc2nc(-c3ccc(-c4ccc(-n5c6ccccc6c6ccccc65)cc4)cc3)oc12. The lowest BCUT2D eigenvalue weighted by Crippen LogP contribution is -1.93. The highest BCUT2D eigenvalue weighted by Gasteiger charge is 2.13. The third-order valence-electron chi connectivity index (χ3n) is 7.19. The van der Waals surface area contributed by atoms with Crippen LogP contribution in [0.2, 0.25) is 0 Å². The Morgan fingerprint density at radius 3 is 1.86 bits per heavy atom. The van der Waals surface area contributed by atoms with Gasteiger partial charge in [-0.25, -0.2) is 4.98 Å². The Hall–Kier alpha value is -4.63. The average molecular weight is 479 g/mol. The zero-order chi connectivity index (χ0) is 24.8. The van der Waals surface area contributed by atoms with E-state index in [1.807, 2.05) is 6.07 Å². The van der Waals surface area contributed by atoms with Gasteiger partial charge in [-0.15, -0.1) is 0 Å². The van der Waals surface area contributed by atoms with Crippen molar-refractivity contribution >= 4 is 32.9 Å². The molecular formula is C34H26N2O. The van der Waals surface area contributed by atoms with Crippen LogP contribution in [0.25, 0.3) is 61.2 Å². The molecule has 0 unspecified atom stereocenters. The highest BCUT2D eigenvalue weighted by molar-refractivity contribution is 6.09. The predicted molar refractivity (Wildman–Crippen MR) is 153 cm³/mol. The van der Waals surface area contributed by atoms with Gasteiger partial charge in [0.25, 0.3) is 0 Å². The Kier molecular flexibility index (Phi) is 5.14. The fourth-order valence-corrected chi connectivity index (χ4v) is 5.40. The zero-order valence-electron chi connectivity index (χ0n) is 20.7. The van der Waals surface area contributed by atoms with Crippen molar-refractivity contribution in [1.29, 1.82) is 0 Å². The number of aryl methyl sites for hydroxylation is 1. The van der Waals surface area contributed by atoms with E-state index in [9.17, 15) is 0 Å². The Bertz CT molecular complexity index is 1820. The molecule has 0 saturated heterocycles. The van der Waals surface area contributed by atoms with Crippen molar-refractivity contribution in [3.8, 4) is 28.3 Å². The van der Waals surface area contributed by atoms with Crippen molar-refractivity contribution in [3.05, 3.63) is 121 Å². The normalized spacial score (nSPS) is 11.6. The summed E-state index contributed by atoms with van der Waals surface area (Å²) >= 11 is 0. The van der Waals surface area contributed by atoms with Gasteiger partial charge in [0.05, 0.1) is 11.0 Å². The second-order valence-corrected chi connectivity index (χ2v) is 9.53. The molecule has 0 aliphatic carbocycles. The summed E-state index contributed by atoms with van der Waals surface area (Å²) < 4.78 is 8.54. The molecule has 7 aromatic rings. The van der Waals surface area contributed by atoms with Gasteiger partial charge >= 0.3 is 0 Å². The Balaban J connectivity index is 1.22. The van der Waals surface area contributed by atoms with Crippen LogP contribution in [0.3, 0.4) is 0 Å². The zero-order valence-corrected chi connectivity index (χ0v) is 20.7. The van der Waals surface area contributed by atoms with Crippen molar-refractivity contribution in [1.82, 2.24) is 9.55 Å². The minimum atomic E-state index is 0.673. The molecule has 0 amide bonds. The number of hydrogen-bond donors (Lipinski definition) is 0. The largest absolute Gasteiger partial charge is 0.436 e. The summed E-state index contributed by atoms with van der Waals surface area (Å²) in [6, 6.07) is 40.7. The lowest BCUT2D eigenvalue weighted by Gasteiger charge is -2.09. The third kappa shape index (κ3) is 3.63. The van der Waals surface area contributed by atoms with Crippen LogP contribution in [0.4, 0.5) is 0 Å². The molecule has 0 saturated carbocycles. The number of benzene rings is 5. The van der Waals surface area contributed by atoms with Gasteiger partial charge in [0.15, 0.2) is 5.58 Å². The van der Waals surface area contributed by atoms with Crippen LogP contribution in [0.1, 0.15) is 18.9 Å². The fraction of sp³-hybridized carbons (Fsp3) is 0.0882. The first kappa shape index (κ1) is 21.6. The molecule has 37 heavy (non-hydrogen) atoms. The first-order chi connectivity index (χ1) is 18.3. The smallest absolute Gasteiger partial charge is 0.227 e. The molecule has 0 bridgehead atoms. The molecule has 2 aromatic heterocycles. The van der Waals surface area contributed by atoms with Gasteiger partial charge in [0.2, 0.25) is 5.89 Å². The minimum absolute atomic E-state index is 0.673. The number of nitrogens with zero attached hydrogens (tertiary/aromatic N) is 2. The number of aromatic nitrogens is 2. The molecule has 0 fully saturated rings. The Morgan fingerprint density at radius 2 is 1.22 bits per heavy atom. The monoisotopic (exact) mass is 478 g/mol. The van der Waals surface area contributed by atoms with Gasteiger partial charge < -0.3 is 8.98 Å². The molecule has 5 aromatic carbocycles. The molecule has 3 heteroatoms. The lowest BCUT2D eigenvalue weighted by atomic mass is 10.0. The summed E-state index contributed by atoms with van der Waals surface area (Å²) in [5.41, 5.74) is 9.99. The maximum atomic E-state index is 6.20. The molecule has 2 heterocycles. The van der Waals surface area contributed by atoms with Crippen molar-refractivity contribution in [2.24, 2.45) is 0 Å². The molecular weight excluding hydrogens is 452 g/mol. The van der Waals surface area contributed by atoms with E-state index in [-0.39, 0.29) is 0 Å². The molecule has 0 aliphatic heterocycles. The van der Waals surface area contributed by atoms with E-state index in [2.05, 4.69) is 121 Å². The molecule has 3 nitrogen and oxygen atoms in total. The van der Waals surface area contributed by atoms with Gasteiger partial charge in [0, 0.05) is 22.0 Å². The number of fused-ring (bicyclic) bond motifs is 4. The van der Waals surface area contributed by atoms with Gasteiger partial charge in [-0.1, -0.05) is 86.1 Å². The molecule has 0 aliphatic rings. The van der Waals surface area contributed by atoms with Crippen LogP contribution in [0.15, 0.2) is 120 Å². The summed E-state index contributed by atoms with van der Waals surface area (Å²) in [4.78, 5) is 4.75. The van der Waals surface area contributed by atoms with E-state index in [4.69, 9.17) is 9.40 Å². The van der Waals surface area contributed by atoms with Gasteiger partial charge in [0.1, 0.15) is 5.52 Å². The Morgan fingerprint density at radius 1 is 0.622 bits per heavy atom. The van der Waals surface area contributed by atoms with Crippen molar-refractivity contribution in [2.45, 2.75) is 19.8 Å². The fourth-order valence-electron chi connectivity index (χ4n) is 5.40. The molecule has 0 atom stereocenters. The number of rotatable bonds is 5. The highest BCUT2D eigenvalue weighted by Crippen LogP contribution is 2.33. The van der Waals surface area contributed by atoms with Gasteiger partial charge in [-0.3, -0.25) is 0 Å². The van der Waals surface area contributed by atoms with Gasteiger partial charge in [-0.2, -0.15) is 0 Å². The summed E-state index contributed by atoms with van der Waals surface area (Å²) in [5.74, 6) is 0.673. The van der Waals surface area contributed by atoms with E-state index in [0.29, 0.717) is 5.89 Å². The maximum Gasteiger partial charge on any atom is 0.227 e. The molecule has 0 radical (unpaired) electrons. The van der Waals surface area contributed by atoms with Crippen molar-refractivity contribution in [2.75, 3.05) is 0 Å². The first-order valence-corrected chi connectivity index (χ1v) is 12.9. The van der Waals surface area contributed by atoms with E-state index < -0.39 is 0 Å². The molecule has 0 N–H and O–H groups in total. The van der Waals surface area contributed by atoms with Crippen LogP contribution >= 0.6 is 0 Å². The number of para-hydroxylation sites is 3. The second kappa shape index (κ2) is 8.79. The quantitative estimate of drug-likeness (QED) is 0.247. The van der Waals surface area contributed by atoms with E-state index in [1.165, 1.54) is 38.5 Å². The highest BCUT2D eigenvalue weighted by atomic mass is 16.3. The lowest BCUT2D eigenvalue weighted by molar-refractivity contribution is 0.614. The number of hydrogen-bond acceptors (Lipinski definition) is 2. The number of oxazole rings is 1. The standard InChI is InChI=1S/C34H26N2O/c1-2-8-25-9-7-12-30-33(25)37-34(35-30)26-17-15-23(16-18-26)24-19-21-27(22-20-24)36-31-13-5-3-10-28(31)29-11-4-6-14-32(29)36/h3-7,9-22H,2,8H2,1H3. The molecule has 178 valence electrons. The van der Waals surface area contributed by atoms with Crippen LogP contribution in [-0.2, 0) is 6.42 Å². The topological polar surface area (TPSA) is 31.0 Å². The first-order valence-electron chi connectivity index (χ1n) is 12.9. The van der Waals surface area contributed by atoms with Gasteiger partial charge in [-0.05, 0) is 65.6 Å². The van der Waals surface area contributed by atoms with E-state index in [0.717, 1.165) is 35.2 Å². The maximum absolute atomic E-state index is 6.20. The summed E-state index contributed by atoms with van der Waals surface area (Å²) in [7, 11) is 0. The Labute approximate surface area is 215 Å². The van der Waals surface area contributed by atoms with Crippen LogP contribution < -0.4 is 0 Å². The third-order valence-corrected chi connectivity index (χ3v) is 7.19.